The van der Waals surface area contributed by atoms with Crippen LogP contribution in [-0.2, 0) is 0 Å². The Morgan fingerprint density at radius 3 is 1.84 bits per heavy atom. The Labute approximate surface area is 127 Å². The fourth-order valence-electron chi connectivity index (χ4n) is 3.56. The second-order valence-corrected chi connectivity index (χ2v) is 6.69. The van der Waals surface area contributed by atoms with Gasteiger partial charge in [0, 0.05) is 16.9 Å². The highest BCUT2D eigenvalue weighted by molar-refractivity contribution is 6.32. The van der Waals surface area contributed by atoms with Crippen LogP contribution in [0.5, 0.6) is 0 Å². The van der Waals surface area contributed by atoms with Crippen LogP contribution in [0.15, 0.2) is 42.5 Å². The molecule has 2 bridgehead atoms. The maximum absolute atomic E-state index is 6.60. The van der Waals surface area contributed by atoms with Crippen molar-refractivity contribution in [3.63, 3.8) is 0 Å². The Balaban J connectivity index is 2.05. The van der Waals surface area contributed by atoms with Crippen LogP contribution in [0.25, 0.3) is 0 Å². The van der Waals surface area contributed by atoms with Crippen LogP contribution in [0.3, 0.4) is 0 Å². The Hall–Kier alpha value is -0.690. The minimum Gasteiger partial charge on any atom is -0.120 e. The molecule has 0 aliphatic heterocycles. The van der Waals surface area contributed by atoms with Crippen molar-refractivity contribution in [2.24, 2.45) is 0 Å². The molecule has 0 radical (unpaired) electrons. The third-order valence-electron chi connectivity index (χ3n) is 4.33. The van der Waals surface area contributed by atoms with Crippen LogP contribution in [0.4, 0.5) is 0 Å². The molecule has 0 saturated heterocycles. The van der Waals surface area contributed by atoms with Crippen molar-refractivity contribution in [2.75, 3.05) is 0 Å². The molecule has 96 valence electrons. The summed E-state index contributed by atoms with van der Waals surface area (Å²) in [7, 11) is 0. The smallest absolute Gasteiger partial charge is 0.0618 e. The van der Waals surface area contributed by atoms with E-state index in [-0.39, 0.29) is 22.6 Å². The number of hydrogen-bond acceptors (Lipinski definition) is 0. The van der Waals surface area contributed by atoms with Crippen molar-refractivity contribution >= 4 is 34.8 Å². The molecule has 0 nitrogen and oxygen atoms in total. The van der Waals surface area contributed by atoms with Gasteiger partial charge in [0.15, 0.2) is 0 Å². The first kappa shape index (κ1) is 12.1. The van der Waals surface area contributed by atoms with E-state index in [1.807, 2.05) is 12.1 Å². The number of hydrogen-bond donors (Lipinski definition) is 0. The normalized spacial score (nSPS) is 30.9. The minimum atomic E-state index is -0.0764. The third-order valence-corrected chi connectivity index (χ3v) is 5.74. The molecule has 3 aliphatic carbocycles. The summed E-state index contributed by atoms with van der Waals surface area (Å²) >= 11 is 19.3. The summed E-state index contributed by atoms with van der Waals surface area (Å²) in [5.74, 6) is 0.330. The summed E-state index contributed by atoms with van der Waals surface area (Å²) in [5, 5.41) is 0.626. The SMILES string of the molecule is Clc1ccc2c(c1)[C@H]1c3ccccc3[C@@H]2[C@@H](Cl)[C@H]1Cl. The van der Waals surface area contributed by atoms with Crippen LogP contribution in [-0.4, -0.2) is 10.8 Å². The van der Waals surface area contributed by atoms with Crippen LogP contribution in [0.1, 0.15) is 34.1 Å². The molecule has 0 aromatic heterocycles. The van der Waals surface area contributed by atoms with Gasteiger partial charge in [0.25, 0.3) is 0 Å². The van der Waals surface area contributed by atoms with E-state index in [0.717, 1.165) is 5.02 Å². The van der Waals surface area contributed by atoms with E-state index in [2.05, 4.69) is 30.3 Å². The lowest BCUT2D eigenvalue weighted by molar-refractivity contribution is 0.535. The highest BCUT2D eigenvalue weighted by Crippen LogP contribution is 2.56. The largest absolute Gasteiger partial charge is 0.120 e. The van der Waals surface area contributed by atoms with Crippen molar-refractivity contribution in [2.45, 2.75) is 22.6 Å². The standard InChI is InChI=1S/C16H11Cl3/c17-8-5-6-11-12(7-8)14-10-4-2-1-3-9(10)13(11)15(18)16(14)19/h1-7,13-16H/t13-,14+,15+,16-/m0/s1. The molecule has 3 heteroatoms. The Morgan fingerprint density at radius 1 is 0.684 bits per heavy atom. The summed E-state index contributed by atoms with van der Waals surface area (Å²) in [4.78, 5) is 0. The van der Waals surface area contributed by atoms with Crippen LogP contribution >= 0.6 is 34.8 Å². The van der Waals surface area contributed by atoms with E-state index in [1.165, 1.54) is 22.3 Å². The number of fused-ring (bicyclic) bond motifs is 1. The zero-order chi connectivity index (χ0) is 13.1. The van der Waals surface area contributed by atoms with E-state index < -0.39 is 0 Å². The number of alkyl halides is 2. The summed E-state index contributed by atoms with van der Waals surface area (Å²) in [6.07, 6.45) is 0. The van der Waals surface area contributed by atoms with Gasteiger partial charge >= 0.3 is 0 Å². The molecular formula is C16H11Cl3. The molecule has 0 heterocycles. The predicted octanol–water partition coefficient (Wildman–Crippen LogP) is 5.15. The molecule has 0 saturated carbocycles. The third kappa shape index (κ3) is 1.54. The average molecular weight is 310 g/mol. The quantitative estimate of drug-likeness (QED) is 0.591. The lowest BCUT2D eigenvalue weighted by atomic mass is 9.63. The Bertz CT molecular complexity index is 665. The van der Waals surface area contributed by atoms with Gasteiger partial charge in [-0.3, -0.25) is 0 Å². The number of benzene rings is 2. The second-order valence-electron chi connectivity index (χ2n) is 5.25. The van der Waals surface area contributed by atoms with Gasteiger partial charge in [-0.05, 0) is 34.4 Å². The van der Waals surface area contributed by atoms with Crippen molar-refractivity contribution in [1.82, 2.24) is 0 Å². The first-order valence-electron chi connectivity index (χ1n) is 6.35. The van der Waals surface area contributed by atoms with E-state index in [0.29, 0.717) is 0 Å². The first-order valence-corrected chi connectivity index (χ1v) is 7.60. The molecule has 0 spiro atoms. The summed E-state index contributed by atoms with van der Waals surface area (Å²) in [5.41, 5.74) is 5.15. The second kappa shape index (κ2) is 4.15. The molecule has 0 fully saturated rings. The summed E-state index contributed by atoms with van der Waals surface area (Å²) < 4.78 is 0. The zero-order valence-corrected chi connectivity index (χ0v) is 12.3. The predicted molar refractivity (Wildman–Crippen MR) is 80.9 cm³/mol. The summed E-state index contributed by atoms with van der Waals surface area (Å²) in [6.45, 7) is 0. The van der Waals surface area contributed by atoms with Gasteiger partial charge in [0.05, 0.1) is 10.8 Å². The maximum atomic E-state index is 6.60. The van der Waals surface area contributed by atoms with Gasteiger partial charge in [-0.2, -0.15) is 0 Å². The molecule has 0 unspecified atom stereocenters. The highest BCUT2D eigenvalue weighted by atomic mass is 35.5. The number of rotatable bonds is 0. The lowest BCUT2D eigenvalue weighted by Crippen LogP contribution is -2.41. The fourth-order valence-corrected chi connectivity index (χ4v) is 4.58. The molecule has 19 heavy (non-hydrogen) atoms. The summed E-state index contributed by atoms with van der Waals surface area (Å²) in [6, 6.07) is 14.6. The maximum Gasteiger partial charge on any atom is 0.0618 e. The topological polar surface area (TPSA) is 0 Å². The van der Waals surface area contributed by atoms with Gasteiger partial charge in [0.2, 0.25) is 0 Å². The van der Waals surface area contributed by atoms with Gasteiger partial charge in [-0.15, -0.1) is 23.2 Å². The highest BCUT2D eigenvalue weighted by Gasteiger charge is 2.48. The minimum absolute atomic E-state index is 0.0600. The van der Waals surface area contributed by atoms with E-state index in [4.69, 9.17) is 34.8 Å². The van der Waals surface area contributed by atoms with Gasteiger partial charge in [0.1, 0.15) is 0 Å². The molecule has 4 atom stereocenters. The monoisotopic (exact) mass is 308 g/mol. The molecule has 3 aliphatic rings. The zero-order valence-electron chi connectivity index (χ0n) is 9.98. The van der Waals surface area contributed by atoms with E-state index in [1.54, 1.807) is 0 Å². The van der Waals surface area contributed by atoms with Crippen LogP contribution < -0.4 is 0 Å². The number of halogens is 3. The van der Waals surface area contributed by atoms with E-state index in [9.17, 15) is 0 Å². The molecular weight excluding hydrogens is 299 g/mol. The average Bonchev–Trinajstić information content (AvgIpc) is 2.42. The molecule has 2 aromatic rings. The Morgan fingerprint density at radius 2 is 1.21 bits per heavy atom. The van der Waals surface area contributed by atoms with Crippen LogP contribution in [0.2, 0.25) is 5.02 Å². The van der Waals surface area contributed by atoms with E-state index >= 15 is 0 Å². The Kier molecular flexibility index (Phi) is 2.64. The molecule has 0 N–H and O–H groups in total. The van der Waals surface area contributed by atoms with Gasteiger partial charge in [-0.25, -0.2) is 0 Å². The first-order chi connectivity index (χ1) is 9.18. The van der Waals surface area contributed by atoms with Gasteiger partial charge in [-0.1, -0.05) is 41.9 Å². The van der Waals surface area contributed by atoms with Gasteiger partial charge < -0.3 is 0 Å². The van der Waals surface area contributed by atoms with Crippen molar-refractivity contribution in [3.8, 4) is 0 Å². The van der Waals surface area contributed by atoms with Crippen molar-refractivity contribution < 1.29 is 0 Å². The van der Waals surface area contributed by atoms with Crippen molar-refractivity contribution in [3.05, 3.63) is 69.7 Å². The molecule has 2 aromatic carbocycles. The van der Waals surface area contributed by atoms with Crippen molar-refractivity contribution in [1.29, 1.82) is 0 Å². The molecule has 5 rings (SSSR count). The van der Waals surface area contributed by atoms with Crippen LogP contribution in [0, 0.1) is 0 Å². The molecule has 0 amide bonds. The fraction of sp³-hybridized carbons (Fsp3) is 0.250. The lowest BCUT2D eigenvalue weighted by Gasteiger charge is -2.46.